The van der Waals surface area contributed by atoms with E-state index in [4.69, 9.17) is 26.5 Å². The number of anilines is 2. The Morgan fingerprint density at radius 1 is 1.24 bits per heavy atom. The van der Waals surface area contributed by atoms with Crippen molar-refractivity contribution in [3.8, 4) is 0 Å². The molecule has 0 radical (unpaired) electrons. The Labute approximate surface area is 217 Å². The van der Waals surface area contributed by atoms with Crippen LogP contribution in [-0.4, -0.2) is 79.9 Å². The summed E-state index contributed by atoms with van der Waals surface area (Å²) in [5, 5.41) is 6.77. The zero-order valence-electron chi connectivity index (χ0n) is 20.0. The Balaban J connectivity index is 1.37. The summed E-state index contributed by atoms with van der Waals surface area (Å²) < 4.78 is 40.3. The summed E-state index contributed by atoms with van der Waals surface area (Å²) in [7, 11) is 1.40. The van der Waals surface area contributed by atoms with Gasteiger partial charge >= 0.3 is 12.1 Å². The molecular weight excluding hydrogens is 510 g/mol. The quantitative estimate of drug-likeness (QED) is 0.537. The first kappa shape index (κ1) is 26.3. The molecule has 11 nitrogen and oxygen atoms in total. The number of pyridine rings is 1. The van der Waals surface area contributed by atoms with Gasteiger partial charge in [0.15, 0.2) is 11.6 Å². The van der Waals surface area contributed by atoms with Crippen LogP contribution in [-0.2, 0) is 20.9 Å². The minimum absolute atomic E-state index is 0.0306. The smallest absolute Gasteiger partial charge is 0.414 e. The first-order valence-corrected chi connectivity index (χ1v) is 11.9. The van der Waals surface area contributed by atoms with Gasteiger partial charge in [0.05, 0.1) is 39.0 Å². The van der Waals surface area contributed by atoms with Crippen LogP contribution >= 0.6 is 12.2 Å². The second-order valence-electron chi connectivity index (χ2n) is 8.19. The predicted molar refractivity (Wildman–Crippen MR) is 133 cm³/mol. The second kappa shape index (κ2) is 12.0. The fraction of sp³-hybridized carbons (Fsp3) is 0.391. The number of hydrogen-bond acceptors (Lipinski definition) is 8. The van der Waals surface area contributed by atoms with Crippen molar-refractivity contribution in [1.82, 2.24) is 20.7 Å². The lowest BCUT2D eigenvalue weighted by molar-refractivity contribution is -0.104. The highest BCUT2D eigenvalue weighted by molar-refractivity contribution is 7.80. The van der Waals surface area contributed by atoms with E-state index in [9.17, 15) is 9.59 Å². The Kier molecular flexibility index (Phi) is 8.50. The van der Waals surface area contributed by atoms with Crippen molar-refractivity contribution < 1.29 is 32.7 Å². The molecule has 0 unspecified atom stereocenters. The highest BCUT2D eigenvalue weighted by atomic mass is 32.1. The van der Waals surface area contributed by atoms with Crippen molar-refractivity contribution in [2.24, 2.45) is 0 Å². The van der Waals surface area contributed by atoms with Crippen molar-refractivity contribution in [2.75, 3.05) is 56.2 Å². The summed E-state index contributed by atoms with van der Waals surface area (Å²) in [5.74, 6) is -1.70. The van der Waals surface area contributed by atoms with E-state index >= 15 is 8.78 Å². The van der Waals surface area contributed by atoms with Crippen LogP contribution in [0.25, 0.3) is 0 Å². The predicted octanol–water partition coefficient (Wildman–Crippen LogP) is 2.17. The van der Waals surface area contributed by atoms with E-state index in [1.54, 1.807) is 18.5 Å². The number of carbonyl (C=O) groups excluding carboxylic acids is 2. The molecule has 4 rings (SSSR count). The van der Waals surface area contributed by atoms with Crippen LogP contribution in [0.1, 0.15) is 5.56 Å². The number of halogens is 2. The van der Waals surface area contributed by atoms with Crippen LogP contribution in [0.2, 0.25) is 0 Å². The molecule has 37 heavy (non-hydrogen) atoms. The molecule has 0 bridgehead atoms. The summed E-state index contributed by atoms with van der Waals surface area (Å²) in [6.07, 6.45) is 1.96. The van der Waals surface area contributed by atoms with Gasteiger partial charge in [0.2, 0.25) is 0 Å². The number of cyclic esters (lactones) is 1. The molecule has 0 aliphatic carbocycles. The van der Waals surface area contributed by atoms with Crippen molar-refractivity contribution in [3.05, 3.63) is 53.9 Å². The first-order valence-electron chi connectivity index (χ1n) is 11.5. The molecular formula is C23H26F2N6O5S. The molecule has 2 aliphatic rings. The third-order valence-corrected chi connectivity index (χ3v) is 6.05. The van der Waals surface area contributed by atoms with Crippen LogP contribution in [0.3, 0.4) is 0 Å². The maximum atomic E-state index is 15.1. The molecule has 0 saturated carbocycles. The number of aromatic nitrogens is 1. The lowest BCUT2D eigenvalue weighted by Gasteiger charge is -2.24. The Morgan fingerprint density at radius 2 is 2.03 bits per heavy atom. The highest BCUT2D eigenvalue weighted by Crippen LogP contribution is 2.31. The third kappa shape index (κ3) is 6.51. The normalized spacial score (nSPS) is 17.8. The number of rotatable bonds is 6. The van der Waals surface area contributed by atoms with Gasteiger partial charge in [0.1, 0.15) is 11.8 Å². The number of methoxy groups -OCH3 is 1. The van der Waals surface area contributed by atoms with Gasteiger partial charge in [-0.25, -0.2) is 23.4 Å². The minimum atomic E-state index is -0.848. The number of hydroxylamine groups is 2. The number of hydrogen-bond donors (Lipinski definition) is 2. The first-order chi connectivity index (χ1) is 17.9. The van der Waals surface area contributed by atoms with Gasteiger partial charge < -0.3 is 25.0 Å². The van der Waals surface area contributed by atoms with Gasteiger partial charge in [-0.3, -0.25) is 14.7 Å². The summed E-state index contributed by atoms with van der Waals surface area (Å²) in [4.78, 5) is 36.9. The minimum Gasteiger partial charge on any atom is -0.474 e. The molecule has 2 aromatic rings. The van der Waals surface area contributed by atoms with Gasteiger partial charge in [-0.05, 0) is 23.8 Å². The summed E-state index contributed by atoms with van der Waals surface area (Å²) in [5.41, 5.74) is 0.587. The van der Waals surface area contributed by atoms with Gasteiger partial charge in [0, 0.05) is 44.2 Å². The number of carbonyl (C=O) groups is 2. The SMILES string of the molecule is COC(=S)NC[C@H]1CN(c2cc(F)c(N3CCON(C(=O)NCc4cccnc4)CC3)c(F)c2)C(=O)O1. The van der Waals surface area contributed by atoms with E-state index in [1.807, 2.05) is 6.07 Å². The number of ether oxygens (including phenoxy) is 2. The number of amides is 3. The van der Waals surface area contributed by atoms with Gasteiger partial charge in [0.25, 0.3) is 5.17 Å². The van der Waals surface area contributed by atoms with Crippen LogP contribution in [0.15, 0.2) is 36.7 Å². The third-order valence-electron chi connectivity index (χ3n) is 5.74. The Morgan fingerprint density at radius 3 is 2.73 bits per heavy atom. The molecule has 198 valence electrons. The molecule has 2 aliphatic heterocycles. The van der Waals surface area contributed by atoms with Crippen molar-refractivity contribution in [1.29, 1.82) is 0 Å². The monoisotopic (exact) mass is 536 g/mol. The maximum absolute atomic E-state index is 15.1. The van der Waals surface area contributed by atoms with E-state index in [2.05, 4.69) is 15.6 Å². The topological polar surface area (TPSA) is 109 Å². The second-order valence-corrected chi connectivity index (χ2v) is 8.56. The average molecular weight is 537 g/mol. The average Bonchev–Trinajstić information content (AvgIpc) is 3.10. The van der Waals surface area contributed by atoms with E-state index < -0.39 is 29.9 Å². The van der Waals surface area contributed by atoms with Crippen molar-refractivity contribution in [2.45, 2.75) is 12.6 Å². The van der Waals surface area contributed by atoms with Crippen molar-refractivity contribution in [3.63, 3.8) is 0 Å². The molecule has 14 heteroatoms. The molecule has 2 N–H and O–H groups in total. The molecule has 3 heterocycles. The van der Waals surface area contributed by atoms with Crippen LogP contribution in [0.4, 0.5) is 29.7 Å². The molecule has 2 saturated heterocycles. The molecule has 1 aromatic carbocycles. The Bertz CT molecular complexity index is 1120. The summed E-state index contributed by atoms with van der Waals surface area (Å²) in [6.45, 7) is 0.934. The maximum Gasteiger partial charge on any atom is 0.414 e. The lowest BCUT2D eigenvalue weighted by Crippen LogP contribution is -2.41. The lowest BCUT2D eigenvalue weighted by atomic mass is 10.2. The fourth-order valence-electron chi connectivity index (χ4n) is 3.92. The molecule has 3 amide bonds. The van der Waals surface area contributed by atoms with Crippen LogP contribution in [0.5, 0.6) is 0 Å². The Hall–Kier alpha value is -3.78. The zero-order valence-corrected chi connectivity index (χ0v) is 20.8. The van der Waals surface area contributed by atoms with E-state index in [0.717, 1.165) is 27.7 Å². The number of nitrogens with one attached hydrogen (secondary N) is 2. The standard InChI is InChI=1S/C23H26F2N6O5S/c1-34-22(37)28-13-17-14-30(23(33)36-17)16-9-18(24)20(19(25)10-16)29-5-6-31(35-8-7-29)21(32)27-12-15-3-2-4-26-11-15/h2-4,9-11,17H,5-8,12-14H2,1H3,(H,27,32)(H,28,37)/t17-/m0/s1. The number of thiocarbonyl (C=S) groups is 1. The van der Waals surface area contributed by atoms with E-state index in [0.29, 0.717) is 0 Å². The van der Waals surface area contributed by atoms with Crippen LogP contribution in [0, 0.1) is 11.6 Å². The van der Waals surface area contributed by atoms with E-state index in [1.165, 1.54) is 12.0 Å². The van der Waals surface area contributed by atoms with Gasteiger partial charge in [-0.1, -0.05) is 6.07 Å². The molecule has 0 spiro atoms. The van der Waals surface area contributed by atoms with Crippen LogP contribution < -0.4 is 20.4 Å². The van der Waals surface area contributed by atoms with E-state index in [-0.39, 0.29) is 62.4 Å². The molecule has 2 fully saturated rings. The number of urea groups is 1. The summed E-state index contributed by atoms with van der Waals surface area (Å²) in [6, 6.07) is 5.28. The summed E-state index contributed by atoms with van der Waals surface area (Å²) >= 11 is 4.89. The van der Waals surface area contributed by atoms with Crippen molar-refractivity contribution >= 4 is 40.9 Å². The zero-order chi connectivity index (χ0) is 26.4. The number of benzene rings is 1. The molecule has 1 atom stereocenters. The number of nitrogens with zero attached hydrogens (tertiary/aromatic N) is 4. The fourth-order valence-corrected chi connectivity index (χ4v) is 4.00. The van der Waals surface area contributed by atoms with Gasteiger partial charge in [-0.15, -0.1) is 0 Å². The largest absolute Gasteiger partial charge is 0.474 e. The molecule has 1 aromatic heterocycles. The highest BCUT2D eigenvalue weighted by Gasteiger charge is 2.34. The van der Waals surface area contributed by atoms with Gasteiger partial charge in [-0.2, -0.15) is 0 Å².